The Morgan fingerprint density at radius 3 is 2.70 bits per heavy atom. The molecular formula is C15H17BrFN3. The van der Waals surface area contributed by atoms with Crippen LogP contribution in [0, 0.1) is 12.7 Å². The first-order chi connectivity index (χ1) is 9.49. The molecule has 2 rings (SSSR count). The van der Waals surface area contributed by atoms with E-state index in [0.717, 1.165) is 28.2 Å². The number of nitrogens with one attached hydrogen (secondary N) is 1. The summed E-state index contributed by atoms with van der Waals surface area (Å²) in [7, 11) is 0. The van der Waals surface area contributed by atoms with Crippen LogP contribution in [0.1, 0.15) is 36.8 Å². The summed E-state index contributed by atoms with van der Waals surface area (Å²) >= 11 is 3.37. The molecule has 0 aliphatic carbocycles. The third-order valence-corrected chi connectivity index (χ3v) is 3.52. The molecule has 0 radical (unpaired) electrons. The average molecular weight is 338 g/mol. The van der Waals surface area contributed by atoms with Gasteiger partial charge in [0.15, 0.2) is 0 Å². The maximum Gasteiger partial charge on any atom is 0.131 e. The van der Waals surface area contributed by atoms with Crippen LogP contribution in [-0.2, 0) is 6.42 Å². The molecule has 1 aromatic heterocycles. The zero-order chi connectivity index (χ0) is 14.7. The largest absolute Gasteiger partial charge is 0.363 e. The van der Waals surface area contributed by atoms with Crippen LogP contribution in [0.5, 0.6) is 0 Å². The lowest BCUT2D eigenvalue weighted by atomic mass is 10.1. The number of hydrogen-bond acceptors (Lipinski definition) is 3. The molecule has 1 heterocycles. The van der Waals surface area contributed by atoms with Gasteiger partial charge in [-0.3, -0.25) is 0 Å². The maximum atomic E-state index is 13.6. The lowest BCUT2D eigenvalue weighted by molar-refractivity contribution is 0.614. The van der Waals surface area contributed by atoms with Gasteiger partial charge in [-0.1, -0.05) is 19.1 Å². The Hall–Kier alpha value is -1.49. The maximum absolute atomic E-state index is 13.6. The lowest BCUT2D eigenvalue weighted by Crippen LogP contribution is -2.10. The van der Waals surface area contributed by atoms with E-state index in [9.17, 15) is 4.39 Å². The number of rotatable bonds is 4. The van der Waals surface area contributed by atoms with Crippen molar-refractivity contribution >= 4 is 21.7 Å². The first-order valence-corrected chi connectivity index (χ1v) is 7.35. The summed E-state index contributed by atoms with van der Waals surface area (Å²) in [6.45, 7) is 5.74. The molecule has 1 unspecified atom stereocenters. The fourth-order valence-electron chi connectivity index (χ4n) is 1.88. The number of aromatic nitrogens is 2. The number of nitrogens with zero attached hydrogens (tertiary/aromatic N) is 2. The van der Waals surface area contributed by atoms with Crippen LogP contribution in [0.4, 0.5) is 10.2 Å². The Bertz CT molecular complexity index is 616. The van der Waals surface area contributed by atoms with Crippen LogP contribution in [0.25, 0.3) is 0 Å². The smallest absolute Gasteiger partial charge is 0.131 e. The second kappa shape index (κ2) is 6.31. The zero-order valence-electron chi connectivity index (χ0n) is 11.7. The van der Waals surface area contributed by atoms with E-state index < -0.39 is 0 Å². The van der Waals surface area contributed by atoms with Crippen molar-refractivity contribution in [3.05, 3.63) is 51.6 Å². The second-order valence-corrected chi connectivity index (χ2v) is 5.53. The minimum atomic E-state index is -0.186. The normalized spacial score (nSPS) is 12.2. The van der Waals surface area contributed by atoms with Gasteiger partial charge in [0.25, 0.3) is 0 Å². The summed E-state index contributed by atoms with van der Waals surface area (Å²) in [4.78, 5) is 8.68. The Balaban J connectivity index is 2.20. The van der Waals surface area contributed by atoms with Crippen molar-refractivity contribution in [3.8, 4) is 0 Å². The molecule has 0 spiro atoms. The van der Waals surface area contributed by atoms with Gasteiger partial charge in [-0.15, -0.1) is 0 Å². The van der Waals surface area contributed by atoms with Gasteiger partial charge in [0, 0.05) is 12.5 Å². The number of halogens is 2. The van der Waals surface area contributed by atoms with E-state index >= 15 is 0 Å². The molecule has 0 aliphatic heterocycles. The van der Waals surface area contributed by atoms with Crippen LogP contribution in [0.15, 0.2) is 28.9 Å². The molecule has 0 amide bonds. The van der Waals surface area contributed by atoms with Crippen molar-refractivity contribution in [2.45, 2.75) is 33.2 Å². The fourth-order valence-corrected chi connectivity index (χ4v) is 2.30. The van der Waals surface area contributed by atoms with Crippen LogP contribution >= 0.6 is 15.9 Å². The summed E-state index contributed by atoms with van der Waals surface area (Å²) in [5, 5.41) is 3.27. The minimum absolute atomic E-state index is 0.0309. The molecule has 0 fully saturated rings. The number of aryl methyl sites for hydroxylation is 2. The van der Waals surface area contributed by atoms with Crippen molar-refractivity contribution in [3.63, 3.8) is 0 Å². The third kappa shape index (κ3) is 3.54. The number of hydrogen-bond donors (Lipinski definition) is 1. The van der Waals surface area contributed by atoms with E-state index in [1.165, 1.54) is 0 Å². The van der Waals surface area contributed by atoms with Gasteiger partial charge in [0.05, 0.1) is 6.04 Å². The zero-order valence-corrected chi connectivity index (χ0v) is 13.3. The summed E-state index contributed by atoms with van der Waals surface area (Å²) < 4.78 is 14.3. The van der Waals surface area contributed by atoms with E-state index in [1.54, 1.807) is 19.1 Å². The van der Waals surface area contributed by atoms with Gasteiger partial charge in [0.2, 0.25) is 0 Å². The molecular weight excluding hydrogens is 321 g/mol. The number of anilines is 1. The highest BCUT2D eigenvalue weighted by Crippen LogP contribution is 2.21. The monoisotopic (exact) mass is 337 g/mol. The molecule has 5 heteroatoms. The van der Waals surface area contributed by atoms with E-state index in [1.807, 2.05) is 26.0 Å². The van der Waals surface area contributed by atoms with E-state index in [-0.39, 0.29) is 11.9 Å². The summed E-state index contributed by atoms with van der Waals surface area (Å²) in [6.07, 6.45) is 0.766. The Morgan fingerprint density at radius 2 is 2.05 bits per heavy atom. The topological polar surface area (TPSA) is 37.8 Å². The highest BCUT2D eigenvalue weighted by molar-refractivity contribution is 9.10. The van der Waals surface area contributed by atoms with E-state index in [4.69, 9.17) is 0 Å². The SMILES string of the molecule is CCc1nc(Br)cc(NC(C)c2ccc(C)c(F)c2)n1. The second-order valence-electron chi connectivity index (χ2n) is 4.72. The van der Waals surface area contributed by atoms with E-state index in [0.29, 0.717) is 5.56 Å². The van der Waals surface area contributed by atoms with Crippen LogP contribution < -0.4 is 5.32 Å². The lowest BCUT2D eigenvalue weighted by Gasteiger charge is -2.16. The van der Waals surface area contributed by atoms with Gasteiger partial charge < -0.3 is 5.32 Å². The van der Waals surface area contributed by atoms with Crippen molar-refractivity contribution < 1.29 is 4.39 Å². The predicted octanol–water partition coefficient (Wildman–Crippen LogP) is 4.42. The van der Waals surface area contributed by atoms with Crippen molar-refractivity contribution in [2.24, 2.45) is 0 Å². The average Bonchev–Trinajstić information content (AvgIpc) is 2.41. The molecule has 1 atom stereocenters. The molecule has 0 saturated carbocycles. The van der Waals surface area contributed by atoms with Crippen molar-refractivity contribution in [1.29, 1.82) is 0 Å². The molecule has 0 saturated heterocycles. The Kier molecular flexibility index (Phi) is 4.70. The van der Waals surface area contributed by atoms with Crippen LogP contribution in [0.2, 0.25) is 0 Å². The molecule has 0 bridgehead atoms. The molecule has 0 aliphatic rings. The first kappa shape index (κ1) is 14.9. The van der Waals surface area contributed by atoms with Crippen molar-refractivity contribution in [1.82, 2.24) is 9.97 Å². The van der Waals surface area contributed by atoms with Crippen molar-refractivity contribution in [2.75, 3.05) is 5.32 Å². The quantitative estimate of drug-likeness (QED) is 0.839. The molecule has 2 aromatic rings. The summed E-state index contributed by atoms with van der Waals surface area (Å²) in [5.41, 5.74) is 1.54. The van der Waals surface area contributed by atoms with Gasteiger partial charge >= 0.3 is 0 Å². The summed E-state index contributed by atoms with van der Waals surface area (Å²) in [5.74, 6) is 1.32. The van der Waals surface area contributed by atoms with Gasteiger partial charge in [0.1, 0.15) is 22.1 Å². The summed E-state index contributed by atoms with van der Waals surface area (Å²) in [6, 6.07) is 7.06. The third-order valence-electron chi connectivity index (χ3n) is 3.12. The van der Waals surface area contributed by atoms with Gasteiger partial charge in [-0.25, -0.2) is 14.4 Å². The molecule has 20 heavy (non-hydrogen) atoms. The number of benzene rings is 1. The van der Waals surface area contributed by atoms with Gasteiger partial charge in [-0.05, 0) is 47.0 Å². The Labute approximate surface area is 126 Å². The predicted molar refractivity (Wildman–Crippen MR) is 82.3 cm³/mol. The molecule has 3 nitrogen and oxygen atoms in total. The highest BCUT2D eigenvalue weighted by atomic mass is 79.9. The fraction of sp³-hybridized carbons (Fsp3) is 0.333. The molecule has 106 valence electrons. The minimum Gasteiger partial charge on any atom is -0.363 e. The Morgan fingerprint density at radius 1 is 1.30 bits per heavy atom. The van der Waals surface area contributed by atoms with Crippen LogP contribution in [0.3, 0.4) is 0 Å². The van der Waals surface area contributed by atoms with Gasteiger partial charge in [-0.2, -0.15) is 0 Å². The van der Waals surface area contributed by atoms with E-state index in [2.05, 4.69) is 31.2 Å². The van der Waals surface area contributed by atoms with Crippen LogP contribution in [-0.4, -0.2) is 9.97 Å². The first-order valence-electron chi connectivity index (χ1n) is 6.55. The molecule has 1 N–H and O–H groups in total. The molecule has 1 aromatic carbocycles. The highest BCUT2D eigenvalue weighted by Gasteiger charge is 2.09. The standard InChI is InChI=1S/C15H17BrFN3/c1-4-14-19-13(16)8-15(20-14)18-10(3)11-6-5-9(2)12(17)7-11/h5-8,10H,4H2,1-3H3,(H,18,19,20).